The van der Waals surface area contributed by atoms with Crippen molar-refractivity contribution in [1.29, 1.82) is 0 Å². The lowest BCUT2D eigenvalue weighted by atomic mass is 10.1. The summed E-state index contributed by atoms with van der Waals surface area (Å²) in [5, 5.41) is 0.422. The van der Waals surface area contributed by atoms with E-state index in [0.717, 1.165) is 39.1 Å². The normalized spacial score (nSPS) is 18.3. The van der Waals surface area contributed by atoms with Crippen molar-refractivity contribution in [2.45, 2.75) is 30.8 Å². The highest BCUT2D eigenvalue weighted by atomic mass is 35.5. The van der Waals surface area contributed by atoms with E-state index in [0.29, 0.717) is 17.1 Å². The molecule has 0 aliphatic carbocycles. The van der Waals surface area contributed by atoms with Gasteiger partial charge in [-0.1, -0.05) is 48.0 Å². The van der Waals surface area contributed by atoms with E-state index >= 15 is 0 Å². The van der Waals surface area contributed by atoms with E-state index in [1.54, 1.807) is 19.1 Å². The van der Waals surface area contributed by atoms with E-state index in [9.17, 15) is 8.42 Å². The number of unbranched alkanes of at least 4 members (excludes halogenated alkanes) is 1. The molecule has 0 amide bonds. The second kappa shape index (κ2) is 9.85. The van der Waals surface area contributed by atoms with Crippen molar-refractivity contribution < 1.29 is 13.2 Å². The topological polar surface area (TPSA) is 58.6 Å². The van der Waals surface area contributed by atoms with Crippen LogP contribution in [0.25, 0.3) is 0 Å². The van der Waals surface area contributed by atoms with Crippen LogP contribution in [0, 0.1) is 6.92 Å². The number of morpholine rings is 1. The predicted molar refractivity (Wildman–Crippen MR) is 112 cm³/mol. The van der Waals surface area contributed by atoms with Crippen molar-refractivity contribution in [2.24, 2.45) is 0 Å². The summed E-state index contributed by atoms with van der Waals surface area (Å²) < 4.78 is 33.5. The fourth-order valence-corrected chi connectivity index (χ4v) is 4.96. The van der Waals surface area contributed by atoms with Gasteiger partial charge in [-0.2, -0.15) is 0 Å². The van der Waals surface area contributed by atoms with Crippen LogP contribution in [0.1, 0.15) is 30.1 Å². The smallest absolute Gasteiger partial charge is 0.240 e. The summed E-state index contributed by atoms with van der Waals surface area (Å²) in [6.45, 7) is 5.63. The number of ether oxygens (including phenoxy) is 1. The summed E-state index contributed by atoms with van der Waals surface area (Å²) in [5.41, 5.74) is 1.90. The minimum atomic E-state index is -3.53. The van der Waals surface area contributed by atoms with Crippen molar-refractivity contribution in [1.82, 2.24) is 9.62 Å². The first-order valence-corrected chi connectivity index (χ1v) is 11.5. The SMILES string of the molecule is Cc1ccc(Cl)cc1S(=O)(=O)NCCCCN1CCOC(c2ccccc2)C1. The third kappa shape index (κ3) is 5.78. The molecule has 2 aromatic rings. The fraction of sp³-hybridized carbons (Fsp3) is 0.429. The van der Waals surface area contributed by atoms with Gasteiger partial charge in [-0.15, -0.1) is 0 Å². The van der Waals surface area contributed by atoms with Gasteiger partial charge in [0.1, 0.15) is 0 Å². The maximum absolute atomic E-state index is 12.5. The molecular weight excluding hydrogens is 396 g/mol. The lowest BCUT2D eigenvalue weighted by Crippen LogP contribution is -2.39. The summed E-state index contributed by atoms with van der Waals surface area (Å²) in [5.74, 6) is 0. The van der Waals surface area contributed by atoms with Gasteiger partial charge in [-0.05, 0) is 49.6 Å². The van der Waals surface area contributed by atoms with Gasteiger partial charge in [0.2, 0.25) is 10.0 Å². The summed E-state index contributed by atoms with van der Waals surface area (Å²) in [6, 6.07) is 15.2. The van der Waals surface area contributed by atoms with Crippen molar-refractivity contribution >= 4 is 21.6 Å². The van der Waals surface area contributed by atoms with Crippen molar-refractivity contribution in [2.75, 3.05) is 32.8 Å². The number of hydrogen-bond acceptors (Lipinski definition) is 4. The highest BCUT2D eigenvalue weighted by molar-refractivity contribution is 7.89. The Balaban J connectivity index is 1.42. The zero-order valence-electron chi connectivity index (χ0n) is 16.1. The summed E-state index contributed by atoms with van der Waals surface area (Å²) >= 11 is 5.94. The van der Waals surface area contributed by atoms with Crippen LogP contribution >= 0.6 is 11.6 Å². The van der Waals surface area contributed by atoms with Crippen molar-refractivity contribution in [3.8, 4) is 0 Å². The highest BCUT2D eigenvalue weighted by Crippen LogP contribution is 2.22. The standard InChI is InChI=1S/C21H27ClN2O3S/c1-17-9-10-19(22)15-21(17)28(25,26)23-11-5-6-12-24-13-14-27-20(16-24)18-7-3-2-4-8-18/h2-4,7-10,15,20,23H,5-6,11-14,16H2,1H3. The number of aryl methyl sites for hydroxylation is 1. The number of nitrogens with one attached hydrogen (secondary N) is 1. The molecule has 0 saturated carbocycles. The van der Waals surface area contributed by atoms with E-state index in [4.69, 9.17) is 16.3 Å². The molecule has 7 heteroatoms. The first-order chi connectivity index (χ1) is 13.5. The molecule has 2 aromatic carbocycles. The van der Waals surface area contributed by atoms with E-state index in [2.05, 4.69) is 21.8 Å². The minimum Gasteiger partial charge on any atom is -0.371 e. The molecule has 1 heterocycles. The third-order valence-electron chi connectivity index (χ3n) is 4.95. The van der Waals surface area contributed by atoms with Gasteiger partial charge >= 0.3 is 0 Å². The van der Waals surface area contributed by atoms with Gasteiger partial charge in [0.25, 0.3) is 0 Å². The van der Waals surface area contributed by atoms with Crippen LogP contribution in [0.15, 0.2) is 53.4 Å². The van der Waals surface area contributed by atoms with Crippen LogP contribution in [-0.4, -0.2) is 46.1 Å². The molecule has 3 rings (SSSR count). The number of nitrogens with zero attached hydrogens (tertiary/aromatic N) is 1. The molecule has 5 nitrogen and oxygen atoms in total. The van der Waals surface area contributed by atoms with E-state index in [1.165, 1.54) is 11.6 Å². The molecule has 1 N–H and O–H groups in total. The Labute approximate surface area is 172 Å². The Hall–Kier alpha value is -1.44. The average molecular weight is 423 g/mol. The maximum atomic E-state index is 12.5. The number of hydrogen-bond donors (Lipinski definition) is 1. The van der Waals surface area contributed by atoms with E-state index in [1.807, 2.05) is 18.2 Å². The lowest BCUT2D eigenvalue weighted by molar-refractivity contribution is -0.0303. The zero-order chi connectivity index (χ0) is 20.0. The number of halogens is 1. The fourth-order valence-electron chi connectivity index (χ4n) is 3.38. The van der Waals surface area contributed by atoms with Gasteiger partial charge in [0, 0.05) is 24.7 Å². The first-order valence-electron chi connectivity index (χ1n) is 9.60. The van der Waals surface area contributed by atoms with Crippen LogP contribution in [0.3, 0.4) is 0 Å². The number of rotatable bonds is 8. The molecule has 152 valence electrons. The molecule has 1 aliphatic rings. The van der Waals surface area contributed by atoms with E-state index < -0.39 is 10.0 Å². The average Bonchev–Trinajstić information content (AvgIpc) is 2.70. The molecule has 1 saturated heterocycles. The molecular formula is C21H27ClN2O3S. The molecule has 1 atom stereocenters. The molecule has 0 radical (unpaired) electrons. The predicted octanol–water partition coefficient (Wildman–Crippen LogP) is 3.78. The quantitative estimate of drug-likeness (QED) is 0.657. The Morgan fingerprint density at radius 3 is 2.75 bits per heavy atom. The van der Waals surface area contributed by atoms with Crippen LogP contribution < -0.4 is 4.72 Å². The molecule has 28 heavy (non-hydrogen) atoms. The van der Waals surface area contributed by atoms with Crippen LogP contribution in [0.4, 0.5) is 0 Å². The third-order valence-corrected chi connectivity index (χ3v) is 6.79. The zero-order valence-corrected chi connectivity index (χ0v) is 17.7. The lowest BCUT2D eigenvalue weighted by Gasteiger charge is -2.33. The van der Waals surface area contributed by atoms with Gasteiger partial charge < -0.3 is 4.74 Å². The minimum absolute atomic E-state index is 0.110. The molecule has 0 bridgehead atoms. The number of sulfonamides is 1. The molecule has 0 aromatic heterocycles. The first kappa shape index (κ1) is 21.3. The molecule has 1 unspecified atom stereocenters. The van der Waals surface area contributed by atoms with E-state index in [-0.39, 0.29) is 11.0 Å². The van der Waals surface area contributed by atoms with Gasteiger partial charge in [0.05, 0.1) is 17.6 Å². The summed E-state index contributed by atoms with van der Waals surface area (Å²) in [4.78, 5) is 2.63. The largest absolute Gasteiger partial charge is 0.371 e. The van der Waals surface area contributed by atoms with Crippen LogP contribution in [0.2, 0.25) is 5.02 Å². The Bertz CT molecular complexity index is 874. The Morgan fingerprint density at radius 2 is 1.96 bits per heavy atom. The Kier molecular flexibility index (Phi) is 7.48. The second-order valence-corrected chi connectivity index (χ2v) is 9.26. The highest BCUT2D eigenvalue weighted by Gasteiger charge is 2.21. The molecule has 0 spiro atoms. The second-order valence-electron chi connectivity index (χ2n) is 7.09. The Morgan fingerprint density at radius 1 is 1.18 bits per heavy atom. The molecule has 1 aliphatic heterocycles. The van der Waals surface area contributed by atoms with Crippen LogP contribution in [0.5, 0.6) is 0 Å². The monoisotopic (exact) mass is 422 g/mol. The van der Waals surface area contributed by atoms with Crippen LogP contribution in [-0.2, 0) is 14.8 Å². The van der Waals surface area contributed by atoms with Crippen molar-refractivity contribution in [3.63, 3.8) is 0 Å². The number of benzene rings is 2. The molecule has 1 fully saturated rings. The summed E-state index contributed by atoms with van der Waals surface area (Å²) in [7, 11) is -3.53. The van der Waals surface area contributed by atoms with Gasteiger partial charge in [-0.3, -0.25) is 4.90 Å². The summed E-state index contributed by atoms with van der Waals surface area (Å²) in [6.07, 6.45) is 1.82. The van der Waals surface area contributed by atoms with Crippen molar-refractivity contribution in [3.05, 3.63) is 64.7 Å². The maximum Gasteiger partial charge on any atom is 0.240 e. The van der Waals surface area contributed by atoms with Gasteiger partial charge in [0.15, 0.2) is 0 Å². The van der Waals surface area contributed by atoms with Gasteiger partial charge in [-0.25, -0.2) is 13.1 Å².